The summed E-state index contributed by atoms with van der Waals surface area (Å²) >= 11 is 0. The fraction of sp³-hybridized carbons (Fsp3) is 0.100. The Balaban J connectivity index is 2.17. The van der Waals surface area contributed by atoms with E-state index >= 15 is 0 Å². The minimum absolute atomic E-state index is 0.0975. The van der Waals surface area contributed by atoms with Gasteiger partial charge in [-0.1, -0.05) is 6.07 Å². The lowest BCUT2D eigenvalue weighted by atomic mass is 10.1. The SMILES string of the molecule is Nc1ncccc1CC(=O)c1ncc[nH]1. The average Bonchev–Trinajstić information content (AvgIpc) is 2.74. The maximum Gasteiger partial charge on any atom is 0.202 e. The number of aromatic nitrogens is 3. The van der Waals surface area contributed by atoms with Gasteiger partial charge in [-0.3, -0.25) is 4.79 Å². The van der Waals surface area contributed by atoms with Crippen LogP contribution in [-0.4, -0.2) is 20.7 Å². The molecular weight excluding hydrogens is 192 g/mol. The Morgan fingerprint density at radius 1 is 1.40 bits per heavy atom. The number of ketones is 1. The predicted octanol–water partition coefficient (Wildman–Crippen LogP) is 0.812. The van der Waals surface area contributed by atoms with Gasteiger partial charge in [0, 0.05) is 30.6 Å². The second-order valence-corrected chi connectivity index (χ2v) is 3.09. The van der Waals surface area contributed by atoms with Gasteiger partial charge in [0.15, 0.2) is 5.82 Å². The van der Waals surface area contributed by atoms with E-state index in [0.29, 0.717) is 11.6 Å². The van der Waals surface area contributed by atoms with Crippen LogP contribution in [-0.2, 0) is 6.42 Å². The molecule has 5 heteroatoms. The molecule has 0 aliphatic carbocycles. The molecule has 0 spiro atoms. The number of rotatable bonds is 3. The van der Waals surface area contributed by atoms with Crippen LogP contribution in [0.25, 0.3) is 0 Å². The fourth-order valence-electron chi connectivity index (χ4n) is 1.27. The van der Waals surface area contributed by atoms with Crippen LogP contribution in [0.4, 0.5) is 5.82 Å². The number of nitrogens with zero attached hydrogens (tertiary/aromatic N) is 2. The van der Waals surface area contributed by atoms with Crippen LogP contribution in [0.1, 0.15) is 16.2 Å². The molecule has 0 atom stereocenters. The Bertz CT molecular complexity index is 464. The van der Waals surface area contributed by atoms with E-state index in [-0.39, 0.29) is 12.2 Å². The van der Waals surface area contributed by atoms with Gasteiger partial charge in [-0.05, 0) is 6.07 Å². The third kappa shape index (κ3) is 2.01. The molecular formula is C10H10N4O. The lowest BCUT2D eigenvalue weighted by Crippen LogP contribution is -2.08. The summed E-state index contributed by atoms with van der Waals surface area (Å²) in [5.41, 5.74) is 6.35. The third-order valence-corrected chi connectivity index (χ3v) is 2.04. The molecule has 3 N–H and O–H groups in total. The molecule has 0 fully saturated rings. The highest BCUT2D eigenvalue weighted by Gasteiger charge is 2.10. The van der Waals surface area contributed by atoms with Gasteiger partial charge >= 0.3 is 0 Å². The first-order valence-corrected chi connectivity index (χ1v) is 4.49. The number of nitrogens with two attached hydrogens (primary N) is 1. The van der Waals surface area contributed by atoms with Crippen molar-refractivity contribution in [1.82, 2.24) is 15.0 Å². The molecule has 76 valence electrons. The summed E-state index contributed by atoms with van der Waals surface area (Å²) in [5, 5.41) is 0. The van der Waals surface area contributed by atoms with Crippen molar-refractivity contribution in [1.29, 1.82) is 0 Å². The Hall–Kier alpha value is -2.17. The van der Waals surface area contributed by atoms with Crippen molar-refractivity contribution in [3.05, 3.63) is 42.1 Å². The van der Waals surface area contributed by atoms with E-state index in [9.17, 15) is 4.79 Å². The summed E-state index contributed by atoms with van der Waals surface area (Å²) in [6.07, 6.45) is 4.96. The number of anilines is 1. The van der Waals surface area contributed by atoms with Gasteiger partial charge in [-0.15, -0.1) is 0 Å². The van der Waals surface area contributed by atoms with Crippen LogP contribution in [0.5, 0.6) is 0 Å². The van der Waals surface area contributed by atoms with Gasteiger partial charge in [-0.25, -0.2) is 9.97 Å². The number of Topliss-reactive ketones (excluding diaryl/α,β-unsaturated/α-hetero) is 1. The smallest absolute Gasteiger partial charge is 0.202 e. The van der Waals surface area contributed by atoms with E-state index in [1.807, 2.05) is 0 Å². The number of nitrogens with one attached hydrogen (secondary N) is 1. The first kappa shape index (κ1) is 9.39. The Morgan fingerprint density at radius 3 is 2.93 bits per heavy atom. The van der Waals surface area contributed by atoms with Crippen LogP contribution < -0.4 is 5.73 Å². The van der Waals surface area contributed by atoms with E-state index in [1.54, 1.807) is 30.7 Å². The highest BCUT2D eigenvalue weighted by molar-refractivity contribution is 5.94. The number of H-pyrrole nitrogens is 1. The van der Waals surface area contributed by atoms with Gasteiger partial charge in [0.2, 0.25) is 5.78 Å². The summed E-state index contributed by atoms with van der Waals surface area (Å²) in [6.45, 7) is 0. The van der Waals surface area contributed by atoms with Crippen molar-refractivity contribution in [2.24, 2.45) is 0 Å². The van der Waals surface area contributed by atoms with Crippen molar-refractivity contribution < 1.29 is 4.79 Å². The third-order valence-electron chi connectivity index (χ3n) is 2.04. The molecule has 0 radical (unpaired) electrons. The van der Waals surface area contributed by atoms with Crippen molar-refractivity contribution in [3.63, 3.8) is 0 Å². The summed E-state index contributed by atoms with van der Waals surface area (Å²) in [4.78, 5) is 22.2. The normalized spacial score (nSPS) is 10.1. The lowest BCUT2D eigenvalue weighted by Gasteiger charge is -2.01. The minimum atomic E-state index is -0.0975. The Labute approximate surface area is 86.4 Å². The number of aromatic amines is 1. The number of hydrogen-bond acceptors (Lipinski definition) is 4. The Kier molecular flexibility index (Phi) is 2.45. The number of nitrogen functional groups attached to an aromatic ring is 1. The van der Waals surface area contributed by atoms with Gasteiger partial charge in [0.05, 0.1) is 0 Å². The molecule has 0 bridgehead atoms. The molecule has 0 aromatic carbocycles. The van der Waals surface area contributed by atoms with Crippen LogP contribution in [0, 0.1) is 0 Å². The molecule has 15 heavy (non-hydrogen) atoms. The maximum atomic E-state index is 11.7. The molecule has 0 aliphatic rings. The molecule has 2 aromatic heterocycles. The number of hydrogen-bond donors (Lipinski definition) is 2. The van der Waals surface area contributed by atoms with Gasteiger partial charge in [-0.2, -0.15) is 0 Å². The molecule has 2 rings (SSSR count). The van der Waals surface area contributed by atoms with E-state index < -0.39 is 0 Å². The Morgan fingerprint density at radius 2 is 2.27 bits per heavy atom. The second kappa shape index (κ2) is 3.91. The topological polar surface area (TPSA) is 84.7 Å². The van der Waals surface area contributed by atoms with Crippen LogP contribution in [0.3, 0.4) is 0 Å². The number of carbonyl (C=O) groups is 1. The molecule has 0 unspecified atom stereocenters. The van der Waals surface area contributed by atoms with E-state index in [0.717, 1.165) is 5.56 Å². The average molecular weight is 202 g/mol. The van der Waals surface area contributed by atoms with Gasteiger partial charge < -0.3 is 10.7 Å². The highest BCUT2D eigenvalue weighted by Crippen LogP contribution is 2.09. The zero-order valence-electron chi connectivity index (χ0n) is 7.97. The number of pyridine rings is 1. The summed E-state index contributed by atoms with van der Waals surface area (Å²) in [5.74, 6) is 0.635. The number of carbonyl (C=O) groups excluding carboxylic acids is 1. The quantitative estimate of drug-likeness (QED) is 0.721. The monoisotopic (exact) mass is 202 g/mol. The molecule has 2 aromatic rings. The van der Waals surface area contributed by atoms with E-state index in [2.05, 4.69) is 15.0 Å². The zero-order valence-corrected chi connectivity index (χ0v) is 7.97. The molecule has 0 aliphatic heterocycles. The molecule has 0 amide bonds. The van der Waals surface area contributed by atoms with Gasteiger partial charge in [0.25, 0.3) is 0 Å². The van der Waals surface area contributed by atoms with Crippen molar-refractivity contribution >= 4 is 11.6 Å². The molecule has 0 saturated heterocycles. The molecule has 5 nitrogen and oxygen atoms in total. The van der Waals surface area contributed by atoms with Crippen molar-refractivity contribution in [2.45, 2.75) is 6.42 Å². The van der Waals surface area contributed by atoms with E-state index in [1.165, 1.54) is 0 Å². The summed E-state index contributed by atoms with van der Waals surface area (Å²) < 4.78 is 0. The summed E-state index contributed by atoms with van der Waals surface area (Å²) in [6, 6.07) is 3.53. The van der Waals surface area contributed by atoms with Crippen molar-refractivity contribution in [2.75, 3.05) is 5.73 Å². The van der Waals surface area contributed by atoms with E-state index in [4.69, 9.17) is 5.73 Å². The second-order valence-electron chi connectivity index (χ2n) is 3.09. The van der Waals surface area contributed by atoms with Gasteiger partial charge in [0.1, 0.15) is 5.82 Å². The first-order chi connectivity index (χ1) is 7.27. The fourth-order valence-corrected chi connectivity index (χ4v) is 1.27. The largest absolute Gasteiger partial charge is 0.383 e. The first-order valence-electron chi connectivity index (χ1n) is 4.49. The predicted molar refractivity (Wildman–Crippen MR) is 55.3 cm³/mol. The number of imidazole rings is 1. The van der Waals surface area contributed by atoms with Crippen LogP contribution >= 0.6 is 0 Å². The lowest BCUT2D eigenvalue weighted by molar-refractivity contribution is 0.0984. The molecule has 2 heterocycles. The van der Waals surface area contributed by atoms with Crippen LogP contribution in [0.2, 0.25) is 0 Å². The zero-order chi connectivity index (χ0) is 10.7. The van der Waals surface area contributed by atoms with Crippen LogP contribution in [0.15, 0.2) is 30.7 Å². The minimum Gasteiger partial charge on any atom is -0.383 e. The maximum absolute atomic E-state index is 11.7. The van der Waals surface area contributed by atoms with Crippen molar-refractivity contribution in [3.8, 4) is 0 Å². The summed E-state index contributed by atoms with van der Waals surface area (Å²) in [7, 11) is 0. The standard InChI is InChI=1S/C10H10N4O/c11-9-7(2-1-3-12-9)6-8(15)10-13-4-5-14-10/h1-5H,6H2,(H2,11,12)(H,13,14). The highest BCUT2D eigenvalue weighted by atomic mass is 16.1. The molecule has 0 saturated carbocycles.